The van der Waals surface area contributed by atoms with Crippen LogP contribution in [-0.4, -0.2) is 73.4 Å². The first-order valence-electron chi connectivity index (χ1n) is 36.3. The molecule has 0 aliphatic carbocycles. The molecular formula is C75H142N2O6P+. The monoisotopic (exact) mass is 1200 g/mol. The van der Waals surface area contributed by atoms with Gasteiger partial charge in [-0.1, -0.05) is 331 Å². The number of allylic oxidation sites excluding steroid dienone is 11. The Morgan fingerprint density at radius 1 is 0.405 bits per heavy atom. The Bertz CT molecular complexity index is 1600. The fourth-order valence-electron chi connectivity index (χ4n) is 10.7. The van der Waals surface area contributed by atoms with E-state index in [9.17, 15) is 19.4 Å². The molecular weight excluding hydrogens is 1060 g/mol. The fourth-order valence-corrected chi connectivity index (χ4v) is 11.5. The Hall–Kier alpha value is -2.06. The van der Waals surface area contributed by atoms with Crippen LogP contribution >= 0.6 is 7.82 Å². The number of aliphatic hydroxyl groups excluding tert-OH is 1. The van der Waals surface area contributed by atoms with Gasteiger partial charge < -0.3 is 19.8 Å². The summed E-state index contributed by atoms with van der Waals surface area (Å²) in [4.78, 5) is 23.4. The van der Waals surface area contributed by atoms with E-state index in [1.807, 2.05) is 27.2 Å². The molecule has 0 aliphatic rings. The second-order valence-corrected chi connectivity index (χ2v) is 27.4. The summed E-state index contributed by atoms with van der Waals surface area (Å²) in [6, 6.07) is -0.874. The second kappa shape index (κ2) is 65.4. The van der Waals surface area contributed by atoms with Crippen LogP contribution in [0, 0.1) is 0 Å². The quantitative estimate of drug-likeness (QED) is 0.0243. The summed E-state index contributed by atoms with van der Waals surface area (Å²) in [6.45, 7) is 4.82. The molecule has 0 saturated heterocycles. The first kappa shape index (κ1) is 81.9. The number of phosphoric ester groups is 1. The van der Waals surface area contributed by atoms with E-state index in [4.69, 9.17) is 9.05 Å². The van der Waals surface area contributed by atoms with E-state index in [-0.39, 0.29) is 19.1 Å². The molecule has 3 unspecified atom stereocenters. The third kappa shape index (κ3) is 67.4. The molecule has 0 rings (SSSR count). The Morgan fingerprint density at radius 2 is 0.690 bits per heavy atom. The van der Waals surface area contributed by atoms with Gasteiger partial charge >= 0.3 is 7.82 Å². The van der Waals surface area contributed by atoms with E-state index < -0.39 is 20.0 Å². The minimum atomic E-state index is -4.37. The van der Waals surface area contributed by atoms with Crippen molar-refractivity contribution >= 4 is 13.7 Å². The first-order chi connectivity index (χ1) is 41.0. The zero-order chi connectivity index (χ0) is 61.2. The van der Waals surface area contributed by atoms with Gasteiger partial charge in [0, 0.05) is 6.42 Å². The van der Waals surface area contributed by atoms with Crippen molar-refractivity contribution in [3.05, 3.63) is 72.9 Å². The van der Waals surface area contributed by atoms with Gasteiger partial charge in [0.25, 0.3) is 0 Å². The number of aliphatic hydroxyl groups is 1. The SMILES string of the molecule is CCCCCCC/C=C\C/C=C\C/C=C\CCCCCCCCCCCCCCCCCCCCC(=O)NC(COP(=O)(O)OCC[N+](C)(C)C)C(O)/C=C/CC/C=C/CC/C=C/CCCCCCCCCCCCCCCCCCCCC. The largest absolute Gasteiger partial charge is 0.472 e. The van der Waals surface area contributed by atoms with Crippen molar-refractivity contribution in [3.63, 3.8) is 0 Å². The van der Waals surface area contributed by atoms with Crippen LogP contribution in [0.15, 0.2) is 72.9 Å². The number of carbonyl (C=O) groups is 1. The first-order valence-corrected chi connectivity index (χ1v) is 37.8. The van der Waals surface area contributed by atoms with Crippen LogP contribution in [0.3, 0.4) is 0 Å². The maximum absolute atomic E-state index is 13.1. The van der Waals surface area contributed by atoms with Crippen molar-refractivity contribution in [2.45, 2.75) is 360 Å². The van der Waals surface area contributed by atoms with Gasteiger partial charge in [-0.2, -0.15) is 0 Å². The van der Waals surface area contributed by atoms with Crippen LogP contribution in [0.2, 0.25) is 0 Å². The molecule has 0 aromatic carbocycles. The van der Waals surface area contributed by atoms with Crippen LogP contribution < -0.4 is 5.32 Å². The summed E-state index contributed by atoms with van der Waals surface area (Å²) in [5.41, 5.74) is 0. The molecule has 0 aromatic heterocycles. The normalized spacial score (nSPS) is 14.0. The molecule has 0 aromatic rings. The Kier molecular flexibility index (Phi) is 63.8. The second-order valence-electron chi connectivity index (χ2n) is 25.9. The molecule has 1 amide bonds. The number of nitrogens with one attached hydrogen (secondary N) is 1. The highest BCUT2D eigenvalue weighted by atomic mass is 31.2. The van der Waals surface area contributed by atoms with Crippen molar-refractivity contribution in [2.75, 3.05) is 40.9 Å². The van der Waals surface area contributed by atoms with Crippen molar-refractivity contribution < 1.29 is 32.9 Å². The molecule has 0 fully saturated rings. The summed E-state index contributed by atoms with van der Waals surface area (Å²) >= 11 is 0. The third-order valence-corrected chi connectivity index (χ3v) is 17.4. The number of likely N-dealkylation sites (N-methyl/N-ethyl adjacent to an activating group) is 1. The standard InChI is InChI=1S/C75H141N2O6P/c1-6-8-10-12-14-16-18-20-22-24-26-28-30-32-34-36-37-38-39-41-43-45-47-49-51-53-55-57-59-61-63-65-67-69-75(79)76-73(72-83-84(80,81)82-71-70-77(3,4)5)74(78)68-66-64-62-60-58-56-54-52-50-48-46-44-42-40-35-33-31-29-27-25-23-21-19-17-15-13-11-9-7-2/h18,20,24,26,30,32,50,52,58,60,66,68,73-74,78H,6-17,19,21-23,25,27-29,31,33-49,51,53-57,59,61-65,67,69-72H2,1-5H3,(H-,76,79,80,81)/p+1/b20-18-,26-24-,32-30-,52-50+,60-58+,68-66+. The molecule has 3 N–H and O–H groups in total. The number of amides is 1. The molecule has 0 radical (unpaired) electrons. The minimum Gasteiger partial charge on any atom is -0.387 e. The summed E-state index contributed by atoms with van der Waals surface area (Å²) in [6.07, 6.45) is 92.1. The van der Waals surface area contributed by atoms with Gasteiger partial charge in [-0.3, -0.25) is 13.8 Å². The van der Waals surface area contributed by atoms with E-state index >= 15 is 0 Å². The Morgan fingerprint density at radius 3 is 1.04 bits per heavy atom. The molecule has 0 bridgehead atoms. The number of quaternary nitrogens is 1. The van der Waals surface area contributed by atoms with Crippen LogP contribution in [0.5, 0.6) is 0 Å². The Labute approximate surface area is 523 Å². The van der Waals surface area contributed by atoms with E-state index in [2.05, 4.69) is 79.9 Å². The predicted molar refractivity (Wildman–Crippen MR) is 369 cm³/mol. The topological polar surface area (TPSA) is 105 Å². The zero-order valence-corrected chi connectivity index (χ0v) is 57.3. The number of nitrogens with zero attached hydrogens (tertiary/aromatic N) is 1. The molecule has 0 saturated carbocycles. The maximum atomic E-state index is 13.1. The molecule has 3 atom stereocenters. The van der Waals surface area contributed by atoms with Crippen LogP contribution in [0.1, 0.15) is 348 Å². The molecule has 8 nitrogen and oxygen atoms in total. The lowest BCUT2D eigenvalue weighted by atomic mass is 10.0. The zero-order valence-electron chi connectivity index (χ0n) is 56.4. The van der Waals surface area contributed by atoms with Crippen molar-refractivity contribution in [2.24, 2.45) is 0 Å². The number of unbranched alkanes of at least 4 members (excludes halogenated alkanes) is 44. The predicted octanol–water partition coefficient (Wildman–Crippen LogP) is 23.3. The van der Waals surface area contributed by atoms with Gasteiger partial charge in [-0.05, 0) is 83.5 Å². The molecule has 0 spiro atoms. The Balaban J connectivity index is 4.10. The van der Waals surface area contributed by atoms with Gasteiger partial charge in [0.1, 0.15) is 13.2 Å². The van der Waals surface area contributed by atoms with E-state index in [0.29, 0.717) is 17.4 Å². The molecule has 492 valence electrons. The summed E-state index contributed by atoms with van der Waals surface area (Å²) in [7, 11) is 1.55. The lowest BCUT2D eigenvalue weighted by molar-refractivity contribution is -0.870. The van der Waals surface area contributed by atoms with Crippen LogP contribution in [0.4, 0.5) is 0 Å². The van der Waals surface area contributed by atoms with E-state index in [0.717, 1.165) is 57.8 Å². The lowest BCUT2D eigenvalue weighted by Crippen LogP contribution is -2.45. The number of carbonyl (C=O) groups excluding carboxylic acids is 1. The summed E-state index contributed by atoms with van der Waals surface area (Å²) in [5.74, 6) is -0.187. The number of hydrogen-bond donors (Lipinski definition) is 3. The highest BCUT2D eigenvalue weighted by molar-refractivity contribution is 7.47. The van der Waals surface area contributed by atoms with Gasteiger partial charge in [0.05, 0.1) is 39.9 Å². The van der Waals surface area contributed by atoms with Gasteiger partial charge in [0.15, 0.2) is 0 Å². The minimum absolute atomic E-state index is 0.0526. The molecule has 0 aliphatic heterocycles. The molecule has 9 heteroatoms. The van der Waals surface area contributed by atoms with Crippen LogP contribution in [-0.2, 0) is 18.4 Å². The highest BCUT2D eigenvalue weighted by Gasteiger charge is 2.28. The third-order valence-electron chi connectivity index (χ3n) is 16.4. The average molecular weight is 1200 g/mol. The number of hydrogen-bond acceptors (Lipinski definition) is 5. The van der Waals surface area contributed by atoms with E-state index in [1.165, 1.54) is 270 Å². The lowest BCUT2D eigenvalue weighted by Gasteiger charge is -2.25. The molecule has 0 heterocycles. The summed E-state index contributed by atoms with van der Waals surface area (Å²) < 4.78 is 23.8. The van der Waals surface area contributed by atoms with Gasteiger partial charge in [-0.25, -0.2) is 4.57 Å². The fraction of sp³-hybridized carbons (Fsp3) is 0.827. The van der Waals surface area contributed by atoms with Crippen molar-refractivity contribution in [3.8, 4) is 0 Å². The average Bonchev–Trinajstić information content (AvgIpc) is 3.56. The number of rotatable bonds is 67. The highest BCUT2D eigenvalue weighted by Crippen LogP contribution is 2.43. The summed E-state index contributed by atoms with van der Waals surface area (Å²) in [5, 5.41) is 14.0. The number of phosphoric acid groups is 1. The smallest absolute Gasteiger partial charge is 0.387 e. The van der Waals surface area contributed by atoms with Crippen LogP contribution in [0.25, 0.3) is 0 Å². The van der Waals surface area contributed by atoms with Crippen molar-refractivity contribution in [1.29, 1.82) is 0 Å². The molecule has 84 heavy (non-hydrogen) atoms. The van der Waals surface area contributed by atoms with Gasteiger partial charge in [0.2, 0.25) is 5.91 Å². The van der Waals surface area contributed by atoms with Gasteiger partial charge in [-0.15, -0.1) is 0 Å². The maximum Gasteiger partial charge on any atom is 0.472 e. The van der Waals surface area contributed by atoms with E-state index in [1.54, 1.807) is 6.08 Å². The van der Waals surface area contributed by atoms with Crippen molar-refractivity contribution in [1.82, 2.24) is 5.32 Å².